The van der Waals surface area contributed by atoms with Crippen LogP contribution < -0.4 is 0 Å². The van der Waals surface area contributed by atoms with Gasteiger partial charge in [-0.3, -0.25) is 4.79 Å². The van der Waals surface area contributed by atoms with Gasteiger partial charge in [-0.25, -0.2) is 0 Å². The standard InChI is InChI=1S/C12H22O2/c1-7-8(2)14-9(3)10(7)11(13)12(4,5)6/h7-10H,1-6H3. The summed E-state index contributed by atoms with van der Waals surface area (Å²) in [5.41, 5.74) is -0.249. The summed E-state index contributed by atoms with van der Waals surface area (Å²) in [5.74, 6) is 0.753. The van der Waals surface area contributed by atoms with E-state index >= 15 is 0 Å². The minimum Gasteiger partial charge on any atom is -0.375 e. The number of Topliss-reactive ketones (excluding diaryl/α,β-unsaturated/α-hetero) is 1. The van der Waals surface area contributed by atoms with Crippen molar-refractivity contribution in [2.75, 3.05) is 0 Å². The maximum atomic E-state index is 12.2. The van der Waals surface area contributed by atoms with Crippen LogP contribution in [0.5, 0.6) is 0 Å². The van der Waals surface area contributed by atoms with Gasteiger partial charge in [-0.15, -0.1) is 0 Å². The van der Waals surface area contributed by atoms with Crippen LogP contribution in [-0.2, 0) is 9.53 Å². The van der Waals surface area contributed by atoms with Crippen LogP contribution in [0.15, 0.2) is 0 Å². The van der Waals surface area contributed by atoms with Crippen molar-refractivity contribution in [2.24, 2.45) is 17.3 Å². The molecule has 1 aliphatic rings. The van der Waals surface area contributed by atoms with Crippen LogP contribution in [0.2, 0.25) is 0 Å². The molecule has 82 valence electrons. The highest BCUT2D eigenvalue weighted by Gasteiger charge is 2.44. The number of hydrogen-bond acceptors (Lipinski definition) is 2. The molecule has 2 heteroatoms. The Hall–Kier alpha value is -0.370. The Balaban J connectivity index is 2.83. The molecule has 2 nitrogen and oxygen atoms in total. The lowest BCUT2D eigenvalue weighted by Crippen LogP contribution is -2.35. The zero-order valence-corrected chi connectivity index (χ0v) is 10.1. The highest BCUT2D eigenvalue weighted by molar-refractivity contribution is 5.87. The summed E-state index contributed by atoms with van der Waals surface area (Å²) in [6, 6.07) is 0. The van der Waals surface area contributed by atoms with Gasteiger partial charge >= 0.3 is 0 Å². The second-order valence-corrected chi connectivity index (χ2v) is 5.55. The van der Waals surface area contributed by atoms with Gasteiger partial charge in [0.1, 0.15) is 5.78 Å². The van der Waals surface area contributed by atoms with E-state index in [9.17, 15) is 4.79 Å². The molecular formula is C12H22O2. The Morgan fingerprint density at radius 2 is 1.57 bits per heavy atom. The molecule has 4 atom stereocenters. The molecule has 0 aromatic rings. The largest absolute Gasteiger partial charge is 0.375 e. The predicted molar refractivity (Wildman–Crippen MR) is 57.1 cm³/mol. The van der Waals surface area contributed by atoms with Gasteiger partial charge in [-0.2, -0.15) is 0 Å². The van der Waals surface area contributed by atoms with Gasteiger partial charge in [0.2, 0.25) is 0 Å². The van der Waals surface area contributed by atoms with Gasteiger partial charge in [0.25, 0.3) is 0 Å². The van der Waals surface area contributed by atoms with Crippen molar-refractivity contribution in [1.82, 2.24) is 0 Å². The lowest BCUT2D eigenvalue weighted by molar-refractivity contribution is -0.132. The monoisotopic (exact) mass is 198 g/mol. The summed E-state index contributed by atoms with van der Waals surface area (Å²) in [4.78, 5) is 12.2. The summed E-state index contributed by atoms with van der Waals surface area (Å²) in [6.45, 7) is 12.1. The minimum absolute atomic E-state index is 0.0741. The van der Waals surface area contributed by atoms with E-state index in [1.54, 1.807) is 0 Å². The maximum absolute atomic E-state index is 12.2. The quantitative estimate of drug-likeness (QED) is 0.647. The number of hydrogen-bond donors (Lipinski definition) is 0. The van der Waals surface area contributed by atoms with Crippen molar-refractivity contribution >= 4 is 5.78 Å². The summed E-state index contributed by atoms with van der Waals surface area (Å²) >= 11 is 0. The summed E-state index contributed by atoms with van der Waals surface area (Å²) < 4.78 is 5.68. The van der Waals surface area contributed by atoms with Crippen LogP contribution >= 0.6 is 0 Å². The van der Waals surface area contributed by atoms with E-state index in [4.69, 9.17) is 4.74 Å². The van der Waals surface area contributed by atoms with Crippen molar-refractivity contribution in [3.8, 4) is 0 Å². The Kier molecular flexibility index (Phi) is 3.05. The van der Waals surface area contributed by atoms with E-state index in [1.807, 2.05) is 27.7 Å². The number of rotatable bonds is 1. The zero-order chi connectivity index (χ0) is 11.1. The molecule has 0 N–H and O–H groups in total. The van der Waals surface area contributed by atoms with Crippen LogP contribution in [0.25, 0.3) is 0 Å². The summed E-state index contributed by atoms with van der Waals surface area (Å²) in [7, 11) is 0. The summed E-state index contributed by atoms with van der Waals surface area (Å²) in [5, 5.41) is 0. The SMILES string of the molecule is CC1OC(C)C(C(=O)C(C)(C)C)C1C. The molecule has 1 aliphatic heterocycles. The molecule has 0 radical (unpaired) electrons. The van der Waals surface area contributed by atoms with E-state index in [0.717, 1.165) is 0 Å². The lowest BCUT2D eigenvalue weighted by Gasteiger charge is -2.25. The lowest BCUT2D eigenvalue weighted by atomic mass is 9.76. The van der Waals surface area contributed by atoms with E-state index < -0.39 is 0 Å². The van der Waals surface area contributed by atoms with E-state index in [2.05, 4.69) is 13.8 Å². The van der Waals surface area contributed by atoms with E-state index in [0.29, 0.717) is 11.7 Å². The molecule has 0 saturated carbocycles. The first kappa shape index (κ1) is 11.7. The molecule has 1 rings (SSSR count). The molecular weight excluding hydrogens is 176 g/mol. The fourth-order valence-electron chi connectivity index (χ4n) is 2.22. The third kappa shape index (κ3) is 2.00. The maximum Gasteiger partial charge on any atom is 0.144 e. The Morgan fingerprint density at radius 1 is 1.07 bits per heavy atom. The molecule has 0 amide bonds. The van der Waals surface area contributed by atoms with Crippen molar-refractivity contribution < 1.29 is 9.53 Å². The van der Waals surface area contributed by atoms with Crippen molar-refractivity contribution in [2.45, 2.75) is 53.8 Å². The van der Waals surface area contributed by atoms with E-state index in [-0.39, 0.29) is 23.5 Å². The number of carbonyl (C=O) groups is 1. The van der Waals surface area contributed by atoms with Gasteiger partial charge < -0.3 is 4.74 Å². The molecule has 1 saturated heterocycles. The summed E-state index contributed by atoms with van der Waals surface area (Å²) in [6.07, 6.45) is 0.285. The van der Waals surface area contributed by atoms with Gasteiger partial charge in [0.05, 0.1) is 12.2 Å². The fourth-order valence-corrected chi connectivity index (χ4v) is 2.22. The number of ether oxygens (including phenoxy) is 1. The van der Waals surface area contributed by atoms with Gasteiger partial charge in [-0.1, -0.05) is 27.7 Å². The predicted octanol–water partition coefficient (Wildman–Crippen LogP) is 2.66. The highest BCUT2D eigenvalue weighted by atomic mass is 16.5. The normalized spacial score (nSPS) is 38.7. The molecule has 0 spiro atoms. The van der Waals surface area contributed by atoms with E-state index in [1.165, 1.54) is 0 Å². The molecule has 14 heavy (non-hydrogen) atoms. The van der Waals surface area contributed by atoms with Crippen LogP contribution in [-0.4, -0.2) is 18.0 Å². The Bertz CT molecular complexity index is 227. The molecule has 1 fully saturated rings. The second kappa shape index (κ2) is 3.65. The van der Waals surface area contributed by atoms with Crippen LogP contribution in [0.4, 0.5) is 0 Å². The fraction of sp³-hybridized carbons (Fsp3) is 0.917. The number of ketones is 1. The number of carbonyl (C=O) groups excluding carboxylic acids is 1. The first-order valence-corrected chi connectivity index (χ1v) is 5.45. The molecule has 0 aromatic heterocycles. The Morgan fingerprint density at radius 3 is 1.86 bits per heavy atom. The minimum atomic E-state index is -0.249. The van der Waals surface area contributed by atoms with Crippen molar-refractivity contribution in [3.05, 3.63) is 0 Å². The zero-order valence-electron chi connectivity index (χ0n) is 10.1. The second-order valence-electron chi connectivity index (χ2n) is 5.55. The third-order valence-corrected chi connectivity index (χ3v) is 3.28. The molecule has 1 heterocycles. The third-order valence-electron chi connectivity index (χ3n) is 3.28. The van der Waals surface area contributed by atoms with Gasteiger partial charge in [0.15, 0.2) is 0 Å². The van der Waals surface area contributed by atoms with Crippen molar-refractivity contribution in [1.29, 1.82) is 0 Å². The average Bonchev–Trinajstić information content (AvgIpc) is 2.24. The average molecular weight is 198 g/mol. The van der Waals surface area contributed by atoms with Gasteiger partial charge in [0, 0.05) is 11.3 Å². The first-order chi connectivity index (χ1) is 6.25. The molecule has 0 aliphatic carbocycles. The molecule has 0 bridgehead atoms. The smallest absolute Gasteiger partial charge is 0.144 e. The Labute approximate surface area is 87.0 Å². The topological polar surface area (TPSA) is 26.3 Å². The van der Waals surface area contributed by atoms with Crippen molar-refractivity contribution in [3.63, 3.8) is 0 Å². The highest BCUT2D eigenvalue weighted by Crippen LogP contribution is 2.37. The van der Waals surface area contributed by atoms with Crippen LogP contribution in [0.1, 0.15) is 41.5 Å². The van der Waals surface area contributed by atoms with Gasteiger partial charge in [-0.05, 0) is 19.8 Å². The van der Waals surface area contributed by atoms with Crippen LogP contribution in [0, 0.1) is 17.3 Å². The first-order valence-electron chi connectivity index (χ1n) is 5.45. The van der Waals surface area contributed by atoms with Crippen LogP contribution in [0.3, 0.4) is 0 Å². The molecule has 4 unspecified atom stereocenters. The molecule has 0 aromatic carbocycles.